The fraction of sp³-hybridized carbons (Fsp3) is 0.310. The zero-order valence-electron chi connectivity index (χ0n) is 22.9. The number of thioether (sulfide) groups is 1. The standard InChI is InChI=1S/C11H17N3O2S.C10H13NO.C8H9N/c1-5-13-10(16)9(7-12)11(17-4)14(6-2)8(3)15;1-11-10(12)8-7-9-5-3-2-4-6-9;1-2-9-8-6-4-3-5-7-8/h5-6H2,1-4H3,(H,13,16);2-6H,7-8H2,1H3,(H,11,12);2-7,9H,1H2/b11-9-;;. The molecule has 0 saturated carbocycles. The number of anilines is 1. The Bertz CT molecular complexity index is 1070. The third-order valence-electron chi connectivity index (χ3n) is 4.83. The van der Waals surface area contributed by atoms with E-state index < -0.39 is 5.91 Å². The van der Waals surface area contributed by atoms with Gasteiger partial charge < -0.3 is 20.9 Å². The highest BCUT2D eigenvalue weighted by Crippen LogP contribution is 2.22. The molecule has 8 nitrogen and oxygen atoms in total. The van der Waals surface area contributed by atoms with Crippen LogP contribution in [0.2, 0.25) is 0 Å². The molecule has 3 N–H and O–H groups in total. The van der Waals surface area contributed by atoms with Gasteiger partial charge in [0.15, 0.2) is 0 Å². The summed E-state index contributed by atoms with van der Waals surface area (Å²) in [6.07, 6.45) is 4.79. The largest absolute Gasteiger partial charge is 0.362 e. The number of nitrogens with one attached hydrogen (secondary N) is 3. The minimum absolute atomic E-state index is 0.0172. The maximum absolute atomic E-state index is 11.7. The van der Waals surface area contributed by atoms with Crippen molar-refractivity contribution in [2.24, 2.45) is 0 Å². The molecule has 0 aliphatic carbocycles. The lowest BCUT2D eigenvalue weighted by atomic mass is 10.1. The summed E-state index contributed by atoms with van der Waals surface area (Å²) in [6, 6.07) is 21.8. The predicted molar refractivity (Wildman–Crippen MR) is 157 cm³/mol. The average molecular weight is 538 g/mol. The number of carbonyl (C=O) groups excluding carboxylic acids is 3. The van der Waals surface area contributed by atoms with E-state index in [2.05, 4.69) is 22.5 Å². The molecule has 0 aliphatic heterocycles. The lowest BCUT2D eigenvalue weighted by Crippen LogP contribution is -2.31. The van der Waals surface area contributed by atoms with E-state index in [1.807, 2.05) is 66.7 Å². The van der Waals surface area contributed by atoms with Crippen LogP contribution in [-0.2, 0) is 20.8 Å². The summed E-state index contributed by atoms with van der Waals surface area (Å²) in [7, 11) is 1.66. The van der Waals surface area contributed by atoms with E-state index in [0.29, 0.717) is 24.5 Å². The monoisotopic (exact) mass is 537 g/mol. The number of hydrogen-bond donors (Lipinski definition) is 3. The molecule has 0 spiro atoms. The van der Waals surface area contributed by atoms with Crippen LogP contribution in [0.5, 0.6) is 0 Å². The SMILES string of the molecule is C=CNc1ccccc1.CCNC(=O)/C(C#N)=C(\SC)N(CC)C(C)=O.CNC(=O)CCc1ccccc1. The number of likely N-dealkylation sites (N-methyl/N-ethyl adjacent to an activating group) is 1. The Labute approximate surface area is 231 Å². The van der Waals surface area contributed by atoms with E-state index in [0.717, 1.165) is 12.1 Å². The van der Waals surface area contributed by atoms with Crippen LogP contribution >= 0.6 is 11.8 Å². The molecular weight excluding hydrogens is 498 g/mol. The van der Waals surface area contributed by atoms with Crippen LogP contribution in [0.25, 0.3) is 0 Å². The number of benzene rings is 2. The Balaban J connectivity index is 0.000000568. The van der Waals surface area contributed by atoms with Gasteiger partial charge in [-0.05, 0) is 50.4 Å². The Kier molecular flexibility index (Phi) is 18.9. The van der Waals surface area contributed by atoms with Gasteiger partial charge in [0.1, 0.15) is 16.7 Å². The smallest absolute Gasteiger partial charge is 0.264 e. The molecule has 0 atom stereocenters. The number of carbonyl (C=O) groups is 3. The van der Waals surface area contributed by atoms with Crippen molar-refractivity contribution in [3.05, 3.63) is 89.6 Å². The molecule has 0 saturated heterocycles. The third-order valence-corrected chi connectivity index (χ3v) is 5.64. The van der Waals surface area contributed by atoms with Crippen molar-refractivity contribution in [2.45, 2.75) is 33.6 Å². The predicted octanol–water partition coefficient (Wildman–Crippen LogP) is 4.70. The first-order chi connectivity index (χ1) is 18.3. The van der Waals surface area contributed by atoms with Crippen molar-refractivity contribution >= 4 is 35.2 Å². The van der Waals surface area contributed by atoms with Crippen molar-refractivity contribution in [3.8, 4) is 6.07 Å². The highest BCUT2D eigenvalue weighted by molar-refractivity contribution is 8.02. The van der Waals surface area contributed by atoms with Gasteiger partial charge in [-0.1, -0.05) is 55.1 Å². The molecular formula is C29H39N5O3S. The Morgan fingerprint density at radius 3 is 2.05 bits per heavy atom. The molecule has 0 radical (unpaired) electrons. The van der Waals surface area contributed by atoms with Crippen LogP contribution in [0.3, 0.4) is 0 Å². The average Bonchev–Trinajstić information content (AvgIpc) is 2.93. The minimum Gasteiger partial charge on any atom is -0.362 e. The first-order valence-corrected chi connectivity index (χ1v) is 13.4. The quantitative estimate of drug-likeness (QED) is 0.299. The van der Waals surface area contributed by atoms with E-state index in [9.17, 15) is 14.4 Å². The van der Waals surface area contributed by atoms with Gasteiger partial charge in [-0.25, -0.2) is 0 Å². The molecule has 3 amide bonds. The fourth-order valence-corrected chi connectivity index (χ4v) is 3.80. The van der Waals surface area contributed by atoms with Crippen LogP contribution in [-0.4, -0.2) is 49.0 Å². The van der Waals surface area contributed by atoms with Gasteiger partial charge in [0.25, 0.3) is 5.91 Å². The lowest BCUT2D eigenvalue weighted by molar-refractivity contribution is -0.126. The number of aryl methyl sites for hydroxylation is 1. The second-order valence-corrected chi connectivity index (χ2v) is 8.29. The van der Waals surface area contributed by atoms with Gasteiger partial charge in [-0.15, -0.1) is 11.8 Å². The molecule has 0 unspecified atom stereocenters. The van der Waals surface area contributed by atoms with Crippen molar-refractivity contribution in [1.29, 1.82) is 5.26 Å². The summed E-state index contributed by atoms with van der Waals surface area (Å²) in [5.41, 5.74) is 2.27. The van der Waals surface area contributed by atoms with E-state index in [-0.39, 0.29) is 17.4 Å². The highest BCUT2D eigenvalue weighted by Gasteiger charge is 2.21. The summed E-state index contributed by atoms with van der Waals surface area (Å²) in [4.78, 5) is 35.4. The topological polar surface area (TPSA) is 114 Å². The molecule has 0 fully saturated rings. The molecule has 0 bridgehead atoms. The molecule has 204 valence electrons. The fourth-order valence-electron chi connectivity index (χ4n) is 2.98. The van der Waals surface area contributed by atoms with E-state index in [4.69, 9.17) is 5.26 Å². The molecule has 2 aromatic rings. The Morgan fingerprint density at radius 1 is 1.05 bits per heavy atom. The summed E-state index contributed by atoms with van der Waals surface area (Å²) in [5, 5.41) is 17.6. The van der Waals surface area contributed by atoms with Crippen LogP contribution in [0.15, 0.2) is 84.0 Å². The third kappa shape index (κ3) is 13.9. The summed E-state index contributed by atoms with van der Waals surface area (Å²) in [6.45, 7) is 9.39. The number of amides is 3. The van der Waals surface area contributed by atoms with Crippen molar-refractivity contribution in [1.82, 2.24) is 15.5 Å². The second-order valence-electron chi connectivity index (χ2n) is 7.49. The first kappa shape index (κ1) is 34.0. The number of nitrogens with zero attached hydrogens (tertiary/aromatic N) is 2. The van der Waals surface area contributed by atoms with Gasteiger partial charge >= 0.3 is 0 Å². The summed E-state index contributed by atoms with van der Waals surface area (Å²) in [5.74, 6) is -0.535. The zero-order valence-corrected chi connectivity index (χ0v) is 23.7. The van der Waals surface area contributed by atoms with E-state index in [1.165, 1.54) is 29.1 Å². The van der Waals surface area contributed by atoms with Crippen molar-refractivity contribution in [2.75, 3.05) is 31.7 Å². The molecule has 9 heteroatoms. The maximum atomic E-state index is 11.7. The van der Waals surface area contributed by atoms with Gasteiger partial charge in [0.2, 0.25) is 11.8 Å². The first-order valence-electron chi connectivity index (χ1n) is 12.2. The Hall–Kier alpha value is -4.03. The molecule has 38 heavy (non-hydrogen) atoms. The lowest BCUT2D eigenvalue weighted by Gasteiger charge is -2.21. The number of nitriles is 1. The highest BCUT2D eigenvalue weighted by atomic mass is 32.2. The molecule has 2 rings (SSSR count). The van der Waals surface area contributed by atoms with Crippen LogP contribution in [0, 0.1) is 11.3 Å². The number of rotatable bonds is 10. The van der Waals surface area contributed by atoms with Gasteiger partial charge in [-0.2, -0.15) is 5.26 Å². The van der Waals surface area contributed by atoms with Crippen LogP contribution in [0.1, 0.15) is 32.8 Å². The zero-order chi connectivity index (χ0) is 28.8. The Morgan fingerprint density at radius 2 is 1.63 bits per heavy atom. The van der Waals surface area contributed by atoms with Gasteiger partial charge in [-0.3, -0.25) is 14.4 Å². The van der Waals surface area contributed by atoms with Gasteiger partial charge in [0, 0.05) is 39.2 Å². The van der Waals surface area contributed by atoms with Crippen molar-refractivity contribution < 1.29 is 14.4 Å². The van der Waals surface area contributed by atoms with Crippen molar-refractivity contribution in [3.63, 3.8) is 0 Å². The minimum atomic E-state index is -0.445. The molecule has 0 heterocycles. The van der Waals surface area contributed by atoms with Crippen LogP contribution < -0.4 is 16.0 Å². The van der Waals surface area contributed by atoms with Crippen LogP contribution in [0.4, 0.5) is 5.69 Å². The normalized spacial score (nSPS) is 10.0. The maximum Gasteiger partial charge on any atom is 0.264 e. The van der Waals surface area contributed by atoms with E-state index >= 15 is 0 Å². The second kappa shape index (κ2) is 21.1. The molecule has 0 aliphatic rings. The number of hydrogen-bond acceptors (Lipinski definition) is 6. The summed E-state index contributed by atoms with van der Waals surface area (Å²) < 4.78 is 0. The number of para-hydroxylation sites is 1. The van der Waals surface area contributed by atoms with E-state index in [1.54, 1.807) is 33.4 Å². The molecule has 2 aromatic carbocycles. The van der Waals surface area contributed by atoms with Gasteiger partial charge in [0.05, 0.1) is 0 Å². The summed E-state index contributed by atoms with van der Waals surface area (Å²) >= 11 is 1.22. The molecule has 0 aromatic heterocycles.